The van der Waals surface area contributed by atoms with Gasteiger partial charge in [0.2, 0.25) is 5.16 Å². The van der Waals surface area contributed by atoms with Crippen LogP contribution in [0.5, 0.6) is 0 Å². The van der Waals surface area contributed by atoms with Crippen molar-refractivity contribution in [3.63, 3.8) is 0 Å². The van der Waals surface area contributed by atoms with Crippen LogP contribution in [0.25, 0.3) is 11.4 Å². The number of ketones is 1. The third-order valence-electron chi connectivity index (χ3n) is 3.35. The first kappa shape index (κ1) is 16.7. The molecule has 3 rings (SSSR count). The number of carbonyl (C=O) groups is 1. The number of benzene rings is 2. The highest BCUT2D eigenvalue weighted by atomic mass is 35.5. The molecule has 1 heterocycles. The van der Waals surface area contributed by atoms with Crippen LogP contribution in [0.4, 0.5) is 4.39 Å². The first-order chi connectivity index (χ1) is 11.5. The molecule has 2 aromatic carbocycles. The van der Waals surface area contributed by atoms with Gasteiger partial charge in [0.25, 0.3) is 0 Å². The lowest BCUT2D eigenvalue weighted by Crippen LogP contribution is -2.13. The second kappa shape index (κ2) is 7.15. The van der Waals surface area contributed by atoms with E-state index >= 15 is 0 Å². The van der Waals surface area contributed by atoms with Crippen LogP contribution >= 0.6 is 23.4 Å². The number of nitrogens with one attached hydrogen (secondary N) is 1. The average Bonchev–Trinajstić information content (AvgIpc) is 3.02. The molecule has 4 nitrogen and oxygen atoms in total. The molecule has 0 aliphatic carbocycles. The molecule has 0 saturated carbocycles. The Morgan fingerprint density at radius 1 is 1.25 bits per heavy atom. The second-order valence-corrected chi connectivity index (χ2v) is 6.83. The lowest BCUT2D eigenvalue weighted by Gasteiger charge is -2.07. The summed E-state index contributed by atoms with van der Waals surface area (Å²) < 4.78 is 13.8. The third kappa shape index (κ3) is 3.66. The van der Waals surface area contributed by atoms with E-state index in [0.717, 1.165) is 0 Å². The number of hydrogen-bond acceptors (Lipinski definition) is 4. The fourth-order valence-electron chi connectivity index (χ4n) is 2.16. The Labute approximate surface area is 147 Å². The minimum absolute atomic E-state index is 0.0697. The molecule has 0 aliphatic rings. The molecular weight excluding hydrogens is 349 g/mol. The van der Waals surface area contributed by atoms with Crippen molar-refractivity contribution in [3.05, 3.63) is 64.9 Å². The van der Waals surface area contributed by atoms with Crippen molar-refractivity contribution in [1.29, 1.82) is 0 Å². The average molecular weight is 362 g/mol. The van der Waals surface area contributed by atoms with Gasteiger partial charge in [0.1, 0.15) is 5.82 Å². The number of H-pyrrole nitrogens is 1. The molecule has 1 atom stereocenters. The molecule has 0 amide bonds. The van der Waals surface area contributed by atoms with E-state index in [9.17, 15) is 9.18 Å². The molecule has 1 aromatic heterocycles. The maximum Gasteiger partial charge on any atom is 0.209 e. The second-order valence-electron chi connectivity index (χ2n) is 5.08. The fourth-order valence-corrected chi connectivity index (χ4v) is 3.15. The first-order valence-corrected chi connectivity index (χ1v) is 8.44. The van der Waals surface area contributed by atoms with Crippen molar-refractivity contribution < 1.29 is 9.18 Å². The van der Waals surface area contributed by atoms with Gasteiger partial charge in [-0.2, -0.15) is 0 Å². The summed E-state index contributed by atoms with van der Waals surface area (Å²) >= 11 is 7.12. The van der Waals surface area contributed by atoms with E-state index in [4.69, 9.17) is 11.6 Å². The Hall–Kier alpha value is -2.18. The molecule has 0 aliphatic heterocycles. The highest BCUT2D eigenvalue weighted by molar-refractivity contribution is 8.00. The van der Waals surface area contributed by atoms with E-state index in [-0.39, 0.29) is 11.6 Å². The van der Waals surface area contributed by atoms with E-state index in [1.165, 1.54) is 17.8 Å². The number of rotatable bonds is 5. The van der Waals surface area contributed by atoms with Gasteiger partial charge in [0.05, 0.1) is 10.8 Å². The standard InChI is InChI=1S/C17H13ClFN3OS/c1-10(15(23)11-5-4-6-12(18)9-11)24-17-20-16(21-22-17)13-7-2-3-8-14(13)19/h2-10H,1H3,(H,20,21,22). The quantitative estimate of drug-likeness (QED) is 0.531. The highest BCUT2D eigenvalue weighted by Gasteiger charge is 2.19. The maximum absolute atomic E-state index is 13.8. The van der Waals surface area contributed by atoms with E-state index in [2.05, 4.69) is 15.2 Å². The minimum atomic E-state index is -0.396. The SMILES string of the molecule is CC(Sc1n[nH]c(-c2ccccc2F)n1)C(=O)c1cccc(Cl)c1. The summed E-state index contributed by atoms with van der Waals surface area (Å²) in [5.41, 5.74) is 0.873. The van der Waals surface area contributed by atoms with Crippen LogP contribution in [0, 0.1) is 5.82 Å². The molecule has 0 radical (unpaired) electrons. The molecule has 3 aromatic rings. The van der Waals surface area contributed by atoms with Gasteiger partial charge in [-0.15, -0.1) is 5.10 Å². The zero-order chi connectivity index (χ0) is 17.1. The summed E-state index contributed by atoms with van der Waals surface area (Å²) in [4.78, 5) is 16.7. The summed E-state index contributed by atoms with van der Waals surface area (Å²) in [7, 11) is 0. The Morgan fingerprint density at radius 3 is 2.79 bits per heavy atom. The number of nitrogens with zero attached hydrogens (tertiary/aromatic N) is 2. The molecule has 0 fully saturated rings. The monoisotopic (exact) mass is 361 g/mol. The van der Waals surface area contributed by atoms with Gasteiger partial charge in [0.15, 0.2) is 11.6 Å². The van der Waals surface area contributed by atoms with Gasteiger partial charge in [-0.3, -0.25) is 9.89 Å². The van der Waals surface area contributed by atoms with Crippen LogP contribution in [-0.4, -0.2) is 26.2 Å². The van der Waals surface area contributed by atoms with Crippen molar-refractivity contribution in [2.45, 2.75) is 17.3 Å². The minimum Gasteiger partial charge on any atom is -0.293 e. The van der Waals surface area contributed by atoms with Crippen molar-refractivity contribution in [2.75, 3.05) is 0 Å². The molecule has 24 heavy (non-hydrogen) atoms. The van der Waals surface area contributed by atoms with E-state index < -0.39 is 5.25 Å². The summed E-state index contributed by atoms with van der Waals surface area (Å²) in [5, 5.41) is 7.25. The van der Waals surface area contributed by atoms with Gasteiger partial charge in [-0.25, -0.2) is 9.37 Å². The Morgan fingerprint density at radius 2 is 2.04 bits per heavy atom. The van der Waals surface area contributed by atoms with Gasteiger partial charge >= 0.3 is 0 Å². The number of halogens is 2. The highest BCUT2D eigenvalue weighted by Crippen LogP contribution is 2.26. The van der Waals surface area contributed by atoms with Crippen molar-refractivity contribution in [2.24, 2.45) is 0 Å². The molecule has 122 valence electrons. The molecule has 0 spiro atoms. The van der Waals surface area contributed by atoms with Crippen molar-refractivity contribution in [1.82, 2.24) is 15.2 Å². The smallest absolute Gasteiger partial charge is 0.209 e. The summed E-state index contributed by atoms with van der Waals surface area (Å²) in [6.45, 7) is 1.77. The van der Waals surface area contributed by atoms with Crippen LogP contribution in [0.2, 0.25) is 5.02 Å². The van der Waals surface area contributed by atoms with Crippen LogP contribution in [0.15, 0.2) is 53.7 Å². The zero-order valence-electron chi connectivity index (χ0n) is 12.7. The van der Waals surface area contributed by atoms with Crippen molar-refractivity contribution >= 4 is 29.1 Å². The van der Waals surface area contributed by atoms with E-state index in [1.54, 1.807) is 49.4 Å². The molecular formula is C17H13ClFN3OS. The van der Waals surface area contributed by atoms with Crippen LogP contribution < -0.4 is 0 Å². The molecule has 1 N–H and O–H groups in total. The number of Topliss-reactive ketones (excluding diaryl/α,β-unsaturated/α-hetero) is 1. The number of hydrogen-bond donors (Lipinski definition) is 1. The van der Waals surface area contributed by atoms with E-state index in [1.807, 2.05) is 0 Å². The van der Waals surface area contributed by atoms with Crippen LogP contribution in [0.1, 0.15) is 17.3 Å². The molecule has 7 heteroatoms. The van der Waals surface area contributed by atoms with Gasteiger partial charge < -0.3 is 0 Å². The van der Waals surface area contributed by atoms with Gasteiger partial charge in [-0.05, 0) is 31.2 Å². The third-order valence-corrected chi connectivity index (χ3v) is 4.55. The topological polar surface area (TPSA) is 58.6 Å². The van der Waals surface area contributed by atoms with Gasteiger partial charge in [-0.1, -0.05) is 47.6 Å². The maximum atomic E-state index is 13.8. The molecule has 0 saturated heterocycles. The van der Waals surface area contributed by atoms with Crippen LogP contribution in [0.3, 0.4) is 0 Å². The largest absolute Gasteiger partial charge is 0.293 e. The Bertz CT molecular complexity index is 884. The number of aromatic amines is 1. The summed E-state index contributed by atoms with van der Waals surface area (Å²) in [6.07, 6.45) is 0. The van der Waals surface area contributed by atoms with Crippen molar-refractivity contribution in [3.8, 4) is 11.4 Å². The predicted molar refractivity (Wildman–Crippen MR) is 92.9 cm³/mol. The van der Waals surface area contributed by atoms with Gasteiger partial charge in [0, 0.05) is 10.6 Å². The normalized spacial score (nSPS) is 12.1. The van der Waals surface area contributed by atoms with E-state index in [0.29, 0.717) is 27.1 Å². The molecule has 0 bridgehead atoms. The van der Waals surface area contributed by atoms with Crippen LogP contribution in [-0.2, 0) is 0 Å². The summed E-state index contributed by atoms with van der Waals surface area (Å²) in [6, 6.07) is 13.1. The number of aromatic nitrogens is 3. The lowest BCUT2D eigenvalue weighted by atomic mass is 10.1. The number of carbonyl (C=O) groups excluding carboxylic acids is 1. The summed E-state index contributed by atoms with van der Waals surface area (Å²) in [5.74, 6) is -0.119. The predicted octanol–water partition coefficient (Wildman–Crippen LogP) is 4.63. The Kier molecular flexibility index (Phi) is 4.97. The Balaban J connectivity index is 1.75. The lowest BCUT2D eigenvalue weighted by molar-refractivity contribution is 0.0994. The first-order valence-electron chi connectivity index (χ1n) is 7.18. The zero-order valence-corrected chi connectivity index (χ0v) is 14.2. The molecule has 1 unspecified atom stereocenters. The fraction of sp³-hybridized carbons (Fsp3) is 0.118. The number of thioether (sulfide) groups is 1.